The fourth-order valence-electron chi connectivity index (χ4n) is 1.59. The van der Waals surface area contributed by atoms with Gasteiger partial charge in [-0.1, -0.05) is 12.7 Å². The molecule has 1 heterocycles. The summed E-state index contributed by atoms with van der Waals surface area (Å²) in [5.41, 5.74) is 0. The van der Waals surface area contributed by atoms with Crippen LogP contribution in [-0.4, -0.2) is 68.9 Å². The van der Waals surface area contributed by atoms with Gasteiger partial charge in [0.05, 0.1) is 12.9 Å². The van der Waals surface area contributed by atoms with Crippen LogP contribution in [0.2, 0.25) is 0 Å². The molecule has 0 spiro atoms. The summed E-state index contributed by atoms with van der Waals surface area (Å²) in [6.45, 7) is 2.99. The van der Waals surface area contributed by atoms with Crippen LogP contribution in [0.25, 0.3) is 0 Å². The maximum absolute atomic E-state index is 9.98. The van der Waals surface area contributed by atoms with Crippen molar-refractivity contribution in [1.82, 2.24) is 0 Å². The summed E-state index contributed by atoms with van der Waals surface area (Å²) in [4.78, 5) is 0. The van der Waals surface area contributed by atoms with Gasteiger partial charge in [-0.15, -0.1) is 0 Å². The molecule has 0 bridgehead atoms. The highest BCUT2D eigenvalue weighted by atomic mass is 16.7. The first-order chi connectivity index (χ1) is 8.46. The lowest BCUT2D eigenvalue weighted by atomic mass is 9.92. The number of aliphatic hydroxyl groups excluding tert-OH is 4. The first kappa shape index (κ1) is 15.1. The van der Waals surface area contributed by atoms with Gasteiger partial charge in [-0.3, -0.25) is 0 Å². The minimum Gasteiger partial charge on any atom is -0.497 e. The molecule has 1 saturated heterocycles. The molecule has 18 heavy (non-hydrogen) atoms. The summed E-state index contributed by atoms with van der Waals surface area (Å²) in [5.74, 6) is -2.24. The first-order valence-electron chi connectivity index (χ1n) is 5.41. The normalized spacial score (nSPS) is 40.9. The zero-order valence-electron chi connectivity index (χ0n) is 9.72. The SMILES string of the molecule is C=CCO/C=C/C1(O)O[C@H](CO)[C@@H](O)[C@H](O)[C@H]1O. The van der Waals surface area contributed by atoms with Crippen LogP contribution in [-0.2, 0) is 9.47 Å². The number of aliphatic hydroxyl groups is 5. The molecule has 0 saturated carbocycles. The Hall–Kier alpha value is -0.960. The van der Waals surface area contributed by atoms with Gasteiger partial charge in [-0.05, 0) is 0 Å². The summed E-state index contributed by atoms with van der Waals surface area (Å²) in [6.07, 6.45) is -2.58. The molecular formula is C11H18O7. The molecule has 0 aromatic heterocycles. The van der Waals surface area contributed by atoms with Crippen molar-refractivity contribution < 1.29 is 35.0 Å². The molecule has 1 rings (SSSR count). The maximum Gasteiger partial charge on any atom is 0.218 e. The Morgan fingerprint density at radius 3 is 2.50 bits per heavy atom. The maximum atomic E-state index is 9.98. The van der Waals surface area contributed by atoms with Gasteiger partial charge >= 0.3 is 0 Å². The van der Waals surface area contributed by atoms with E-state index >= 15 is 0 Å². The number of hydrogen-bond acceptors (Lipinski definition) is 7. The fraction of sp³-hybridized carbons (Fsp3) is 0.636. The molecule has 104 valence electrons. The topological polar surface area (TPSA) is 120 Å². The molecule has 5 N–H and O–H groups in total. The van der Waals surface area contributed by atoms with Crippen molar-refractivity contribution in [3.8, 4) is 0 Å². The van der Waals surface area contributed by atoms with Gasteiger partial charge < -0.3 is 35.0 Å². The van der Waals surface area contributed by atoms with Gasteiger partial charge in [0, 0.05) is 6.08 Å². The molecule has 1 aliphatic rings. The number of ether oxygens (including phenoxy) is 2. The molecule has 7 heteroatoms. The third-order valence-electron chi connectivity index (χ3n) is 2.62. The van der Waals surface area contributed by atoms with E-state index in [0.29, 0.717) is 0 Å². The van der Waals surface area contributed by atoms with E-state index in [0.717, 1.165) is 12.3 Å². The number of rotatable bonds is 5. The van der Waals surface area contributed by atoms with Crippen LogP contribution in [0, 0.1) is 0 Å². The third-order valence-corrected chi connectivity index (χ3v) is 2.62. The van der Waals surface area contributed by atoms with Crippen LogP contribution in [0.1, 0.15) is 0 Å². The second-order valence-corrected chi connectivity index (χ2v) is 3.94. The highest BCUT2D eigenvalue weighted by Crippen LogP contribution is 2.29. The summed E-state index contributed by atoms with van der Waals surface area (Å²) in [5, 5.41) is 47.6. The average molecular weight is 262 g/mol. The Bertz CT molecular complexity index is 304. The van der Waals surface area contributed by atoms with E-state index in [-0.39, 0.29) is 6.61 Å². The van der Waals surface area contributed by atoms with Crippen LogP contribution in [0.15, 0.2) is 25.0 Å². The summed E-state index contributed by atoms with van der Waals surface area (Å²) >= 11 is 0. The molecule has 5 atom stereocenters. The summed E-state index contributed by atoms with van der Waals surface area (Å²) in [6, 6.07) is 0. The Kier molecular flexibility index (Phi) is 5.27. The molecule has 7 nitrogen and oxygen atoms in total. The molecule has 0 radical (unpaired) electrons. The molecule has 1 unspecified atom stereocenters. The van der Waals surface area contributed by atoms with E-state index in [1.165, 1.54) is 6.08 Å². The summed E-state index contributed by atoms with van der Waals surface area (Å²) in [7, 11) is 0. The van der Waals surface area contributed by atoms with Crippen molar-refractivity contribution in [3.63, 3.8) is 0 Å². The van der Waals surface area contributed by atoms with Crippen LogP contribution < -0.4 is 0 Å². The lowest BCUT2D eigenvalue weighted by Gasteiger charge is -2.43. The highest BCUT2D eigenvalue weighted by molar-refractivity contribution is 5.05. The molecule has 0 amide bonds. The minimum absolute atomic E-state index is 0.192. The molecule has 1 aliphatic heterocycles. The standard InChI is InChI=1S/C11H18O7/c1-2-4-17-5-3-11(16)10(15)9(14)8(13)7(6-12)18-11/h2-3,5,7-10,12-16H,1,4,6H2/b5-3+/t7-,8-,9+,10-,11?/m1/s1. The van der Waals surface area contributed by atoms with E-state index in [4.69, 9.17) is 14.6 Å². The van der Waals surface area contributed by atoms with Gasteiger partial charge in [-0.25, -0.2) is 0 Å². The van der Waals surface area contributed by atoms with E-state index in [1.807, 2.05) is 0 Å². The van der Waals surface area contributed by atoms with Gasteiger partial charge in [0.15, 0.2) is 0 Å². The lowest BCUT2D eigenvalue weighted by Crippen LogP contribution is -2.64. The van der Waals surface area contributed by atoms with Crippen molar-refractivity contribution in [2.45, 2.75) is 30.2 Å². The zero-order chi connectivity index (χ0) is 13.8. The fourth-order valence-corrected chi connectivity index (χ4v) is 1.59. The average Bonchev–Trinajstić information content (AvgIpc) is 2.37. The summed E-state index contributed by atoms with van der Waals surface area (Å²) < 4.78 is 9.82. The van der Waals surface area contributed by atoms with Crippen molar-refractivity contribution in [3.05, 3.63) is 25.0 Å². The minimum atomic E-state index is -2.24. The molecule has 1 fully saturated rings. The monoisotopic (exact) mass is 262 g/mol. The zero-order valence-corrected chi connectivity index (χ0v) is 9.72. The quantitative estimate of drug-likeness (QED) is 0.218. The largest absolute Gasteiger partial charge is 0.497 e. The second kappa shape index (κ2) is 6.28. The molecule has 0 aromatic rings. The number of hydrogen-bond donors (Lipinski definition) is 5. The molecular weight excluding hydrogens is 244 g/mol. The molecule has 0 aliphatic carbocycles. The Morgan fingerprint density at radius 1 is 1.28 bits per heavy atom. The molecule has 0 aromatic carbocycles. The predicted molar refractivity (Wildman–Crippen MR) is 60.2 cm³/mol. The van der Waals surface area contributed by atoms with Crippen LogP contribution in [0.4, 0.5) is 0 Å². The lowest BCUT2D eigenvalue weighted by molar-refractivity contribution is -0.327. The van der Waals surface area contributed by atoms with Crippen molar-refractivity contribution in [1.29, 1.82) is 0 Å². The van der Waals surface area contributed by atoms with Gasteiger partial charge in [-0.2, -0.15) is 0 Å². The van der Waals surface area contributed by atoms with Crippen molar-refractivity contribution >= 4 is 0 Å². The predicted octanol–water partition coefficient (Wildman–Crippen LogP) is -2.13. The Balaban J connectivity index is 2.78. The van der Waals surface area contributed by atoms with E-state index in [9.17, 15) is 20.4 Å². The van der Waals surface area contributed by atoms with E-state index in [1.54, 1.807) is 0 Å². The first-order valence-corrected chi connectivity index (χ1v) is 5.41. The Morgan fingerprint density at radius 2 is 1.94 bits per heavy atom. The van der Waals surface area contributed by atoms with Crippen LogP contribution in [0.3, 0.4) is 0 Å². The van der Waals surface area contributed by atoms with E-state index < -0.39 is 36.8 Å². The van der Waals surface area contributed by atoms with Gasteiger partial charge in [0.1, 0.15) is 31.0 Å². The van der Waals surface area contributed by atoms with Gasteiger partial charge in [0.2, 0.25) is 5.79 Å². The highest BCUT2D eigenvalue weighted by Gasteiger charge is 2.51. The smallest absolute Gasteiger partial charge is 0.218 e. The Labute approximate surface area is 104 Å². The van der Waals surface area contributed by atoms with Crippen molar-refractivity contribution in [2.75, 3.05) is 13.2 Å². The van der Waals surface area contributed by atoms with Crippen molar-refractivity contribution in [2.24, 2.45) is 0 Å². The van der Waals surface area contributed by atoms with Crippen LogP contribution in [0.5, 0.6) is 0 Å². The second-order valence-electron chi connectivity index (χ2n) is 3.94. The van der Waals surface area contributed by atoms with Gasteiger partial charge in [0.25, 0.3) is 0 Å². The van der Waals surface area contributed by atoms with Crippen LogP contribution >= 0.6 is 0 Å². The van der Waals surface area contributed by atoms with E-state index in [2.05, 4.69) is 6.58 Å². The third kappa shape index (κ3) is 3.08.